The van der Waals surface area contributed by atoms with E-state index in [0.29, 0.717) is 54.4 Å². The number of benzene rings is 1. The Morgan fingerprint density at radius 1 is 1.19 bits per heavy atom. The zero-order valence-corrected chi connectivity index (χ0v) is 24.8. The summed E-state index contributed by atoms with van der Waals surface area (Å²) in [5, 5.41) is 4.09. The highest BCUT2D eigenvalue weighted by atomic mass is 19.1. The predicted octanol–water partition coefficient (Wildman–Crippen LogP) is 4.19. The highest BCUT2D eigenvalue weighted by Crippen LogP contribution is 2.45. The van der Waals surface area contributed by atoms with Crippen LogP contribution in [-0.4, -0.2) is 82.5 Å². The molecule has 0 radical (unpaired) electrons. The number of nitrogens with two attached hydrogens (primary N) is 1. The average Bonchev–Trinajstić information content (AvgIpc) is 3.68. The fourth-order valence-corrected chi connectivity index (χ4v) is 8.25. The second-order valence-electron chi connectivity index (χ2n) is 13.1. The molecule has 3 N–H and O–H groups in total. The van der Waals surface area contributed by atoms with E-state index in [2.05, 4.69) is 22.0 Å². The van der Waals surface area contributed by atoms with E-state index in [0.717, 1.165) is 56.2 Å². The van der Waals surface area contributed by atoms with Crippen LogP contribution in [0.25, 0.3) is 22.2 Å². The fraction of sp³-hybridized carbons (Fsp3) is 0.594. The van der Waals surface area contributed by atoms with Crippen LogP contribution in [-0.2, 0) is 12.8 Å². The van der Waals surface area contributed by atoms with Crippen molar-refractivity contribution in [3.8, 4) is 23.1 Å². The minimum Gasteiger partial charge on any atom is -0.472 e. The highest BCUT2D eigenvalue weighted by Gasteiger charge is 2.49. The Morgan fingerprint density at radius 2 is 2.07 bits per heavy atom. The summed E-state index contributed by atoms with van der Waals surface area (Å²) >= 11 is 0. The zero-order chi connectivity index (χ0) is 29.5. The van der Waals surface area contributed by atoms with Crippen LogP contribution in [0.4, 0.5) is 20.3 Å². The number of anilines is 2. The molecule has 0 amide bonds. The fourth-order valence-electron chi connectivity index (χ4n) is 8.25. The minimum atomic E-state index is -0.869. The quantitative estimate of drug-likeness (QED) is 0.423. The van der Waals surface area contributed by atoms with E-state index in [4.69, 9.17) is 30.2 Å². The number of nitrogens with zero attached hydrogens (tertiary/aromatic N) is 5. The van der Waals surface area contributed by atoms with Crippen molar-refractivity contribution in [3.63, 3.8) is 0 Å². The lowest BCUT2D eigenvalue weighted by molar-refractivity contribution is 0.107. The molecule has 2 aromatic heterocycles. The number of fused-ring (bicyclic) bond motifs is 4. The number of hydrogen-bond donors (Lipinski definition) is 2. The monoisotopic (exact) mass is 591 g/mol. The smallest absolute Gasteiger partial charge is 0.319 e. The van der Waals surface area contributed by atoms with Gasteiger partial charge in [0.2, 0.25) is 5.88 Å². The molecule has 11 heteroatoms. The van der Waals surface area contributed by atoms with Gasteiger partial charge in [-0.25, -0.2) is 13.8 Å². The molecule has 3 saturated heterocycles. The molecular formula is C32H39F2N7O2. The molecule has 9 nitrogen and oxygen atoms in total. The molecule has 4 aliphatic heterocycles. The molecule has 43 heavy (non-hydrogen) atoms. The lowest BCUT2D eigenvalue weighted by Crippen LogP contribution is -2.60. The third-order valence-electron chi connectivity index (χ3n) is 10.5. The average molecular weight is 592 g/mol. The van der Waals surface area contributed by atoms with E-state index in [1.807, 2.05) is 19.1 Å². The molecule has 0 spiro atoms. The second-order valence-corrected chi connectivity index (χ2v) is 13.1. The molecule has 5 aliphatic rings. The Morgan fingerprint density at radius 3 is 2.93 bits per heavy atom. The van der Waals surface area contributed by atoms with E-state index in [9.17, 15) is 4.39 Å². The van der Waals surface area contributed by atoms with Crippen LogP contribution in [0.15, 0.2) is 12.1 Å². The first-order valence-electron chi connectivity index (χ1n) is 15.8. The second kappa shape index (κ2) is 10.1. The molecule has 3 aromatic rings. The highest BCUT2D eigenvalue weighted by molar-refractivity contribution is 5.97. The maximum atomic E-state index is 16.9. The number of hydrogen-bond acceptors (Lipinski definition) is 9. The molecule has 228 valence electrons. The molecule has 0 unspecified atom stereocenters. The number of piperazine rings is 1. The molecule has 0 saturated carbocycles. The van der Waals surface area contributed by atoms with Crippen LogP contribution in [0, 0.1) is 5.82 Å². The zero-order valence-electron chi connectivity index (χ0n) is 24.8. The van der Waals surface area contributed by atoms with Crippen LogP contribution in [0.5, 0.6) is 11.9 Å². The van der Waals surface area contributed by atoms with Crippen LogP contribution in [0.3, 0.4) is 0 Å². The standard InChI is InChI=1S/C32H39F2N7O2/c1-3-21-15-41-24(13-36-21)17(2)43-30-25-28(26(34)27(37-30)23-11-20(35)10-18-6-4-7-22(18)23)38-31(39-29(25)41)42-16-32-8-5-9-40(32)14-19(33)12-32/h10-11,17,19,21,24,36H,3-9,12-16,35H2,1-2H3/t17-,19+,21+,24-,32-/m0/s1. The summed E-state index contributed by atoms with van der Waals surface area (Å²) < 4.78 is 44.2. The molecule has 3 fully saturated rings. The Hall–Kier alpha value is -3.31. The van der Waals surface area contributed by atoms with Crippen molar-refractivity contribution in [3.05, 3.63) is 29.1 Å². The summed E-state index contributed by atoms with van der Waals surface area (Å²) in [6.07, 6.45) is 4.88. The van der Waals surface area contributed by atoms with Crippen molar-refractivity contribution in [1.82, 2.24) is 25.2 Å². The molecule has 1 aliphatic carbocycles. The normalized spacial score (nSPS) is 29.7. The van der Waals surface area contributed by atoms with Crippen LogP contribution in [0.2, 0.25) is 0 Å². The lowest BCUT2D eigenvalue weighted by atomic mass is 9.95. The first-order chi connectivity index (χ1) is 20.8. The van der Waals surface area contributed by atoms with Gasteiger partial charge in [0.15, 0.2) is 5.82 Å². The summed E-state index contributed by atoms with van der Waals surface area (Å²) in [7, 11) is 0. The van der Waals surface area contributed by atoms with Gasteiger partial charge < -0.3 is 25.4 Å². The SMILES string of the molecule is CC[C@@H]1CN2c3nc(OC[C@@]45CCCN4C[C@H](F)C5)nc4c(F)c(-c5cc(N)cc6c5CCC6)nc(c34)O[C@@H](C)[C@@H]2CN1. The third-order valence-corrected chi connectivity index (χ3v) is 10.5. The van der Waals surface area contributed by atoms with Crippen molar-refractivity contribution >= 4 is 22.4 Å². The van der Waals surface area contributed by atoms with E-state index < -0.39 is 12.0 Å². The number of aromatic nitrogens is 3. The van der Waals surface area contributed by atoms with Gasteiger partial charge in [0.25, 0.3) is 0 Å². The molecule has 0 bridgehead atoms. The van der Waals surface area contributed by atoms with Gasteiger partial charge in [-0.05, 0) is 75.3 Å². The maximum Gasteiger partial charge on any atom is 0.319 e. The molecule has 1 aromatic carbocycles. The van der Waals surface area contributed by atoms with Gasteiger partial charge in [-0.3, -0.25) is 4.90 Å². The first kappa shape index (κ1) is 27.3. The number of halogens is 2. The molecule has 8 rings (SSSR count). The van der Waals surface area contributed by atoms with Gasteiger partial charge in [-0.15, -0.1) is 0 Å². The number of alkyl halides is 1. The van der Waals surface area contributed by atoms with E-state index >= 15 is 4.39 Å². The van der Waals surface area contributed by atoms with E-state index in [-0.39, 0.29) is 47.6 Å². The number of rotatable bonds is 5. The first-order valence-corrected chi connectivity index (χ1v) is 15.8. The van der Waals surface area contributed by atoms with Gasteiger partial charge in [-0.1, -0.05) is 6.92 Å². The largest absolute Gasteiger partial charge is 0.472 e. The lowest BCUT2D eigenvalue weighted by Gasteiger charge is -2.42. The number of nitrogens with one attached hydrogen (secondary N) is 1. The predicted molar refractivity (Wildman–Crippen MR) is 161 cm³/mol. The maximum absolute atomic E-state index is 16.9. The number of aryl methyl sites for hydroxylation is 1. The van der Waals surface area contributed by atoms with E-state index in [1.54, 1.807) is 0 Å². The molecule has 5 atom stereocenters. The van der Waals surface area contributed by atoms with Crippen molar-refractivity contribution in [1.29, 1.82) is 0 Å². The third kappa shape index (κ3) is 4.33. The van der Waals surface area contributed by atoms with Crippen molar-refractivity contribution < 1.29 is 18.3 Å². The summed E-state index contributed by atoms with van der Waals surface area (Å²) in [6, 6.07) is 4.10. The Labute approximate surface area is 250 Å². The van der Waals surface area contributed by atoms with E-state index in [1.165, 1.54) is 0 Å². The number of ether oxygens (including phenoxy) is 2. The Bertz CT molecular complexity index is 1600. The number of nitrogen functional groups attached to an aromatic ring is 1. The van der Waals surface area contributed by atoms with Gasteiger partial charge >= 0.3 is 6.01 Å². The summed E-state index contributed by atoms with van der Waals surface area (Å²) in [5.41, 5.74) is 9.74. The topological polar surface area (TPSA) is 102 Å². The van der Waals surface area contributed by atoms with Crippen LogP contribution in [0.1, 0.15) is 57.1 Å². The summed E-state index contributed by atoms with van der Waals surface area (Å²) in [6.45, 7) is 7.12. The minimum absolute atomic E-state index is 0.0443. The van der Waals surface area contributed by atoms with Gasteiger partial charge in [0.05, 0.1) is 11.6 Å². The van der Waals surface area contributed by atoms with Gasteiger partial charge in [-0.2, -0.15) is 9.97 Å². The van der Waals surface area contributed by atoms with Gasteiger partial charge in [0, 0.05) is 43.3 Å². The number of pyridine rings is 1. The molecular weight excluding hydrogens is 552 g/mol. The summed E-state index contributed by atoms with van der Waals surface area (Å²) in [4.78, 5) is 18.9. The van der Waals surface area contributed by atoms with Crippen molar-refractivity contribution in [2.75, 3.05) is 43.4 Å². The Balaban J connectivity index is 1.30. The van der Waals surface area contributed by atoms with Gasteiger partial charge in [0.1, 0.15) is 41.3 Å². The van der Waals surface area contributed by atoms with Crippen LogP contribution >= 0.6 is 0 Å². The Kier molecular flexibility index (Phi) is 6.41. The van der Waals surface area contributed by atoms with Crippen molar-refractivity contribution in [2.45, 2.75) is 88.7 Å². The van der Waals surface area contributed by atoms with Crippen molar-refractivity contribution in [2.24, 2.45) is 0 Å². The summed E-state index contributed by atoms with van der Waals surface area (Å²) in [5.74, 6) is 0.374. The van der Waals surface area contributed by atoms with Crippen LogP contribution < -0.4 is 25.4 Å². The molecule has 6 heterocycles.